The Bertz CT molecular complexity index is 2260. The number of benzene rings is 4. The highest BCUT2D eigenvalue weighted by molar-refractivity contribution is 5.77. The van der Waals surface area contributed by atoms with Crippen LogP contribution in [0.4, 0.5) is 0 Å². The van der Waals surface area contributed by atoms with Crippen molar-refractivity contribution in [2.45, 2.75) is 168 Å². The molecule has 4 aromatic carbocycles. The molecule has 0 unspecified atom stereocenters. The van der Waals surface area contributed by atoms with E-state index in [4.69, 9.17) is 19.9 Å². The molecule has 0 spiro atoms. The molecule has 62 heavy (non-hydrogen) atoms. The first kappa shape index (κ1) is 44.8. The van der Waals surface area contributed by atoms with Crippen molar-refractivity contribution in [2.75, 3.05) is 0 Å². The molecule has 2 N–H and O–H groups in total. The number of rotatable bonds is 26. The minimum Gasteiger partial charge on any atom is -0.342 e. The first-order chi connectivity index (χ1) is 30.7. The van der Waals surface area contributed by atoms with Gasteiger partial charge in [-0.05, 0) is 74.2 Å². The van der Waals surface area contributed by atoms with Crippen molar-refractivity contribution >= 4 is 44.1 Å². The molecule has 0 bridgehead atoms. The van der Waals surface area contributed by atoms with Crippen LogP contribution < -0.4 is 0 Å². The zero-order valence-corrected chi connectivity index (χ0v) is 37.9. The van der Waals surface area contributed by atoms with Crippen molar-refractivity contribution in [1.82, 2.24) is 39.0 Å². The van der Waals surface area contributed by atoms with Gasteiger partial charge in [-0.15, -0.1) is 0 Å². The van der Waals surface area contributed by atoms with Gasteiger partial charge in [0.25, 0.3) is 0 Å². The second kappa shape index (κ2) is 24.4. The Morgan fingerprint density at radius 3 is 1.11 bits per heavy atom. The van der Waals surface area contributed by atoms with E-state index in [1.807, 2.05) is 12.1 Å². The topological polar surface area (TPSA) is 93.0 Å². The number of hydrogen-bond donors (Lipinski definition) is 2. The lowest BCUT2D eigenvalue weighted by molar-refractivity contribution is 0.538. The molecule has 8 heteroatoms. The van der Waals surface area contributed by atoms with Crippen LogP contribution in [0.2, 0.25) is 0 Å². The summed E-state index contributed by atoms with van der Waals surface area (Å²) < 4.78 is 4.93. The maximum absolute atomic E-state index is 4.97. The van der Waals surface area contributed by atoms with E-state index in [0.717, 1.165) is 96.4 Å². The lowest BCUT2D eigenvalue weighted by Gasteiger charge is -2.09. The van der Waals surface area contributed by atoms with E-state index >= 15 is 0 Å². The molecule has 8 aromatic rings. The highest BCUT2D eigenvalue weighted by Crippen LogP contribution is 2.22. The van der Waals surface area contributed by atoms with Crippen molar-refractivity contribution in [3.8, 4) is 0 Å². The van der Waals surface area contributed by atoms with Crippen molar-refractivity contribution in [2.24, 2.45) is 0 Å². The van der Waals surface area contributed by atoms with Crippen LogP contribution in [0.25, 0.3) is 44.1 Å². The van der Waals surface area contributed by atoms with Gasteiger partial charge in [0.05, 0.1) is 44.1 Å². The van der Waals surface area contributed by atoms with Crippen molar-refractivity contribution < 1.29 is 0 Å². The van der Waals surface area contributed by atoms with Gasteiger partial charge in [-0.2, -0.15) is 0 Å². The Hall–Kier alpha value is -5.24. The van der Waals surface area contributed by atoms with Crippen LogP contribution in [-0.4, -0.2) is 39.0 Å². The fourth-order valence-electron chi connectivity index (χ4n) is 9.02. The van der Waals surface area contributed by atoms with Crippen LogP contribution in [0.3, 0.4) is 0 Å². The number of aromatic amines is 2. The molecule has 4 aromatic heterocycles. The molecule has 0 fully saturated rings. The number of H-pyrrole nitrogens is 2. The molecule has 8 rings (SSSR count). The zero-order valence-electron chi connectivity index (χ0n) is 37.9. The molecule has 0 radical (unpaired) electrons. The highest BCUT2D eigenvalue weighted by Gasteiger charge is 2.13. The minimum absolute atomic E-state index is 0.954. The molecule has 8 nitrogen and oxygen atoms in total. The van der Waals surface area contributed by atoms with E-state index in [9.17, 15) is 0 Å². The standard InChI is InChI=1S/2C27H36N4/c2*1-2-3-4-5-6-7-8-13-21-31-25-18-12-11-17-24(25)30-27(31)20-14-19-26-28-22-15-9-10-16-23(22)29-26/h2*9-12,15-18H,2-8,13-14,19-21H2,1H3,(H,28,29). The third-order valence-corrected chi connectivity index (χ3v) is 12.4. The second-order valence-electron chi connectivity index (χ2n) is 17.4. The normalized spacial score (nSPS) is 11.6. The van der Waals surface area contributed by atoms with Gasteiger partial charge in [-0.1, -0.05) is 152 Å². The summed E-state index contributed by atoms with van der Waals surface area (Å²) in [6.07, 6.45) is 27.6. The molecule has 0 aliphatic carbocycles. The Balaban J connectivity index is 0.000000186. The van der Waals surface area contributed by atoms with E-state index in [1.54, 1.807) is 0 Å². The van der Waals surface area contributed by atoms with Crippen molar-refractivity contribution in [3.05, 3.63) is 120 Å². The summed E-state index contributed by atoms with van der Waals surface area (Å²) in [7, 11) is 0. The van der Waals surface area contributed by atoms with Crippen LogP contribution in [-0.2, 0) is 38.8 Å². The Kier molecular flexibility index (Phi) is 17.6. The fraction of sp³-hybridized carbons (Fsp3) is 0.481. The van der Waals surface area contributed by atoms with Gasteiger partial charge in [0.1, 0.15) is 23.3 Å². The zero-order chi connectivity index (χ0) is 42.6. The number of para-hydroxylation sites is 8. The number of aromatic nitrogens is 8. The SMILES string of the molecule is CCCCCCCCCCn1c(CCCc2nc3ccccc3[nH]2)nc2ccccc21.CCCCCCCCCCn1c(CCCc2nc3ccccc3[nH]2)nc2ccccc21. The number of unbranched alkanes of at least 4 members (excludes halogenated alkanes) is 14. The average Bonchev–Trinajstić information content (AvgIpc) is 4.08. The van der Waals surface area contributed by atoms with Crippen LogP contribution in [0.15, 0.2) is 97.1 Å². The van der Waals surface area contributed by atoms with Crippen molar-refractivity contribution in [3.63, 3.8) is 0 Å². The van der Waals surface area contributed by atoms with Gasteiger partial charge in [0.2, 0.25) is 0 Å². The Labute approximate surface area is 370 Å². The van der Waals surface area contributed by atoms with E-state index in [0.29, 0.717) is 0 Å². The van der Waals surface area contributed by atoms with E-state index in [2.05, 4.69) is 118 Å². The predicted molar refractivity (Wildman–Crippen MR) is 261 cm³/mol. The number of fused-ring (bicyclic) bond motifs is 4. The maximum Gasteiger partial charge on any atom is 0.109 e. The number of hydrogen-bond acceptors (Lipinski definition) is 4. The first-order valence-electron chi connectivity index (χ1n) is 24.5. The summed E-state index contributed by atoms with van der Waals surface area (Å²) in [5.74, 6) is 4.60. The van der Waals surface area contributed by atoms with Crippen LogP contribution >= 0.6 is 0 Å². The van der Waals surface area contributed by atoms with E-state index < -0.39 is 0 Å². The summed E-state index contributed by atoms with van der Waals surface area (Å²) in [6, 6.07) is 33.7. The first-order valence-corrected chi connectivity index (χ1v) is 24.5. The summed E-state index contributed by atoms with van der Waals surface area (Å²) in [5.41, 5.74) is 9.17. The summed E-state index contributed by atoms with van der Waals surface area (Å²) in [6.45, 7) is 6.72. The lowest BCUT2D eigenvalue weighted by atomic mass is 10.1. The summed E-state index contributed by atoms with van der Waals surface area (Å²) in [4.78, 5) is 26.3. The molecule has 0 saturated heterocycles. The van der Waals surface area contributed by atoms with Crippen molar-refractivity contribution in [1.29, 1.82) is 0 Å². The molecule has 0 saturated carbocycles. The third kappa shape index (κ3) is 12.9. The quantitative estimate of drug-likeness (QED) is 0.0532. The molecule has 0 amide bonds. The number of nitrogens with one attached hydrogen (secondary N) is 2. The van der Waals surface area contributed by atoms with Gasteiger partial charge in [-0.3, -0.25) is 0 Å². The molecule has 0 aliphatic rings. The Morgan fingerprint density at radius 2 is 0.710 bits per heavy atom. The second-order valence-corrected chi connectivity index (χ2v) is 17.4. The molecule has 0 atom stereocenters. The highest BCUT2D eigenvalue weighted by atomic mass is 15.1. The van der Waals surface area contributed by atoms with Gasteiger partial charge >= 0.3 is 0 Å². The van der Waals surface area contributed by atoms with Crippen LogP contribution in [0.5, 0.6) is 0 Å². The third-order valence-electron chi connectivity index (χ3n) is 12.4. The van der Waals surface area contributed by atoms with Gasteiger partial charge in [0, 0.05) is 38.8 Å². The molecule has 328 valence electrons. The fourth-order valence-corrected chi connectivity index (χ4v) is 9.02. The lowest BCUT2D eigenvalue weighted by Crippen LogP contribution is -2.05. The average molecular weight is 833 g/mol. The van der Waals surface area contributed by atoms with E-state index in [1.165, 1.54) is 125 Å². The molecule has 4 heterocycles. The van der Waals surface area contributed by atoms with E-state index in [-0.39, 0.29) is 0 Å². The largest absolute Gasteiger partial charge is 0.342 e. The molecule has 0 aliphatic heterocycles. The monoisotopic (exact) mass is 833 g/mol. The number of aryl methyl sites for hydroxylation is 6. The number of imidazole rings is 4. The smallest absolute Gasteiger partial charge is 0.109 e. The number of nitrogens with zero attached hydrogens (tertiary/aromatic N) is 6. The van der Waals surface area contributed by atoms with Crippen LogP contribution in [0, 0.1) is 0 Å². The van der Waals surface area contributed by atoms with Gasteiger partial charge in [-0.25, -0.2) is 19.9 Å². The van der Waals surface area contributed by atoms with Crippen LogP contribution in [0.1, 0.15) is 153 Å². The summed E-state index contributed by atoms with van der Waals surface area (Å²) >= 11 is 0. The predicted octanol–water partition coefficient (Wildman–Crippen LogP) is 14.5. The molecular weight excluding hydrogens is 761 g/mol. The van der Waals surface area contributed by atoms with Gasteiger partial charge < -0.3 is 19.1 Å². The summed E-state index contributed by atoms with van der Waals surface area (Å²) in [5, 5.41) is 0. The maximum atomic E-state index is 4.97. The molecular formula is C54H72N8. The Morgan fingerprint density at radius 1 is 0.355 bits per heavy atom. The van der Waals surface area contributed by atoms with Gasteiger partial charge in [0.15, 0.2) is 0 Å². The minimum atomic E-state index is 0.954.